The van der Waals surface area contributed by atoms with Crippen LogP contribution in [0.15, 0.2) is 24.5 Å². The summed E-state index contributed by atoms with van der Waals surface area (Å²) in [4.78, 5) is 11.9. The maximum Gasteiger partial charge on any atom is 0.266 e. The Morgan fingerprint density at radius 3 is 2.62 bits per heavy atom. The first-order valence-corrected chi connectivity index (χ1v) is 5.00. The van der Waals surface area contributed by atoms with Crippen molar-refractivity contribution in [3.63, 3.8) is 0 Å². The SMILES string of the molecule is Nc1nncn1C(=O)c1ccc(Cl)c(Cl)c1. The number of carbonyl (C=O) groups is 1. The third-order valence-electron chi connectivity index (χ3n) is 1.96. The Kier molecular flexibility index (Phi) is 2.80. The van der Waals surface area contributed by atoms with Crippen molar-refractivity contribution in [3.05, 3.63) is 40.1 Å². The van der Waals surface area contributed by atoms with Crippen molar-refractivity contribution in [2.24, 2.45) is 0 Å². The molecule has 2 rings (SSSR count). The molecular formula is C9H6Cl2N4O. The quantitative estimate of drug-likeness (QED) is 0.846. The van der Waals surface area contributed by atoms with Gasteiger partial charge in [0.1, 0.15) is 6.33 Å². The monoisotopic (exact) mass is 256 g/mol. The number of aromatic nitrogens is 3. The molecule has 0 saturated carbocycles. The summed E-state index contributed by atoms with van der Waals surface area (Å²) in [6, 6.07) is 4.55. The molecule has 1 heterocycles. The zero-order valence-corrected chi connectivity index (χ0v) is 9.40. The van der Waals surface area contributed by atoms with Gasteiger partial charge >= 0.3 is 0 Å². The number of nitrogens with two attached hydrogens (primary N) is 1. The van der Waals surface area contributed by atoms with Crippen LogP contribution in [0.4, 0.5) is 5.95 Å². The molecule has 0 fully saturated rings. The molecule has 2 aromatic rings. The van der Waals surface area contributed by atoms with Crippen LogP contribution < -0.4 is 5.73 Å². The Bertz CT molecular complexity index is 552. The highest BCUT2D eigenvalue weighted by Crippen LogP contribution is 2.23. The number of anilines is 1. The highest BCUT2D eigenvalue weighted by molar-refractivity contribution is 6.42. The first kappa shape index (κ1) is 10.9. The molecule has 0 unspecified atom stereocenters. The average Bonchev–Trinajstić information content (AvgIpc) is 2.67. The van der Waals surface area contributed by atoms with Crippen molar-refractivity contribution < 1.29 is 4.79 Å². The van der Waals surface area contributed by atoms with E-state index in [-0.39, 0.29) is 11.9 Å². The number of benzene rings is 1. The number of hydrogen-bond acceptors (Lipinski definition) is 4. The van der Waals surface area contributed by atoms with Crippen LogP contribution in [0.3, 0.4) is 0 Å². The van der Waals surface area contributed by atoms with E-state index in [4.69, 9.17) is 28.9 Å². The molecule has 0 saturated heterocycles. The van der Waals surface area contributed by atoms with Crippen LogP contribution in [-0.2, 0) is 0 Å². The summed E-state index contributed by atoms with van der Waals surface area (Å²) in [5, 5.41) is 7.72. The molecule has 0 aliphatic rings. The second-order valence-corrected chi connectivity index (χ2v) is 3.81. The van der Waals surface area contributed by atoms with E-state index in [9.17, 15) is 4.79 Å². The highest BCUT2D eigenvalue weighted by atomic mass is 35.5. The lowest BCUT2D eigenvalue weighted by atomic mass is 10.2. The normalized spacial score (nSPS) is 10.4. The number of halogens is 2. The lowest BCUT2D eigenvalue weighted by Crippen LogP contribution is -2.13. The second kappa shape index (κ2) is 4.11. The fourth-order valence-corrected chi connectivity index (χ4v) is 1.47. The maximum absolute atomic E-state index is 11.9. The molecule has 82 valence electrons. The van der Waals surface area contributed by atoms with Crippen molar-refractivity contribution in [2.75, 3.05) is 5.73 Å². The van der Waals surface area contributed by atoms with Gasteiger partial charge in [0.2, 0.25) is 5.95 Å². The van der Waals surface area contributed by atoms with Gasteiger partial charge in [0, 0.05) is 5.56 Å². The summed E-state index contributed by atoms with van der Waals surface area (Å²) in [7, 11) is 0. The van der Waals surface area contributed by atoms with Gasteiger partial charge in [-0.2, -0.15) is 0 Å². The van der Waals surface area contributed by atoms with Gasteiger partial charge in [0.05, 0.1) is 10.0 Å². The minimum atomic E-state index is -0.360. The fraction of sp³-hybridized carbons (Fsp3) is 0. The van der Waals surface area contributed by atoms with Gasteiger partial charge in [0.25, 0.3) is 5.91 Å². The molecule has 7 heteroatoms. The van der Waals surface area contributed by atoms with Crippen molar-refractivity contribution in [3.8, 4) is 0 Å². The van der Waals surface area contributed by atoms with E-state index < -0.39 is 0 Å². The van der Waals surface area contributed by atoms with Gasteiger partial charge in [-0.05, 0) is 18.2 Å². The molecule has 0 bridgehead atoms. The third kappa shape index (κ3) is 1.87. The van der Waals surface area contributed by atoms with Crippen LogP contribution in [0.2, 0.25) is 10.0 Å². The zero-order valence-electron chi connectivity index (χ0n) is 7.89. The molecule has 0 spiro atoms. The topological polar surface area (TPSA) is 73.8 Å². The van der Waals surface area contributed by atoms with E-state index in [1.807, 2.05) is 0 Å². The van der Waals surface area contributed by atoms with E-state index in [0.29, 0.717) is 15.6 Å². The minimum absolute atomic E-state index is 0.0241. The van der Waals surface area contributed by atoms with Crippen LogP contribution in [0.1, 0.15) is 10.4 Å². The average molecular weight is 257 g/mol. The van der Waals surface area contributed by atoms with Crippen LogP contribution >= 0.6 is 23.2 Å². The van der Waals surface area contributed by atoms with Crippen LogP contribution in [-0.4, -0.2) is 20.7 Å². The lowest BCUT2D eigenvalue weighted by molar-refractivity contribution is 0.0962. The number of nitrogen functional groups attached to an aromatic ring is 1. The molecule has 1 aromatic carbocycles. The Morgan fingerprint density at radius 1 is 1.31 bits per heavy atom. The van der Waals surface area contributed by atoms with Gasteiger partial charge in [-0.25, -0.2) is 4.57 Å². The summed E-state index contributed by atoms with van der Waals surface area (Å²) in [6.45, 7) is 0. The van der Waals surface area contributed by atoms with E-state index in [0.717, 1.165) is 4.57 Å². The molecule has 5 nitrogen and oxygen atoms in total. The molecule has 16 heavy (non-hydrogen) atoms. The number of nitrogens with zero attached hydrogens (tertiary/aromatic N) is 3. The Morgan fingerprint density at radius 2 is 2.06 bits per heavy atom. The summed E-state index contributed by atoms with van der Waals surface area (Å²) >= 11 is 11.5. The Labute approximate surface area is 101 Å². The summed E-state index contributed by atoms with van der Waals surface area (Å²) < 4.78 is 1.12. The van der Waals surface area contributed by atoms with Gasteiger partial charge < -0.3 is 5.73 Å². The van der Waals surface area contributed by atoms with Gasteiger partial charge in [-0.3, -0.25) is 4.79 Å². The number of hydrogen-bond donors (Lipinski definition) is 1. The number of rotatable bonds is 1. The largest absolute Gasteiger partial charge is 0.368 e. The van der Waals surface area contributed by atoms with Gasteiger partial charge in [-0.1, -0.05) is 23.2 Å². The molecule has 0 radical (unpaired) electrons. The highest BCUT2D eigenvalue weighted by Gasteiger charge is 2.13. The predicted octanol–water partition coefficient (Wildman–Crippen LogP) is 1.86. The molecule has 0 amide bonds. The molecule has 0 aliphatic heterocycles. The van der Waals surface area contributed by atoms with Gasteiger partial charge in [0.15, 0.2) is 0 Å². The third-order valence-corrected chi connectivity index (χ3v) is 2.70. The van der Waals surface area contributed by atoms with Crippen molar-refractivity contribution in [1.82, 2.24) is 14.8 Å². The first-order valence-electron chi connectivity index (χ1n) is 4.25. The zero-order chi connectivity index (χ0) is 11.7. The summed E-state index contributed by atoms with van der Waals surface area (Å²) in [6.07, 6.45) is 1.24. The van der Waals surface area contributed by atoms with E-state index >= 15 is 0 Å². The first-order chi connectivity index (χ1) is 7.59. The van der Waals surface area contributed by atoms with Crippen LogP contribution in [0, 0.1) is 0 Å². The number of carbonyl (C=O) groups excluding carboxylic acids is 1. The molecule has 2 N–H and O–H groups in total. The molecule has 1 aromatic heterocycles. The van der Waals surface area contributed by atoms with E-state index in [1.54, 1.807) is 6.07 Å². The summed E-state index contributed by atoms with van der Waals surface area (Å²) in [5.74, 6) is -0.336. The Balaban J connectivity index is 2.42. The van der Waals surface area contributed by atoms with Crippen molar-refractivity contribution in [2.45, 2.75) is 0 Å². The van der Waals surface area contributed by atoms with Crippen LogP contribution in [0.5, 0.6) is 0 Å². The molecule has 0 aliphatic carbocycles. The standard InChI is InChI=1S/C9H6Cl2N4O/c10-6-2-1-5(3-7(6)11)8(16)15-4-13-14-9(15)12/h1-4H,(H2,12,14). The van der Waals surface area contributed by atoms with Crippen molar-refractivity contribution >= 4 is 35.1 Å². The summed E-state index contributed by atoms with van der Waals surface area (Å²) in [5.41, 5.74) is 5.82. The lowest BCUT2D eigenvalue weighted by Gasteiger charge is -2.03. The second-order valence-electron chi connectivity index (χ2n) is 2.99. The van der Waals surface area contributed by atoms with Gasteiger partial charge in [-0.15, -0.1) is 10.2 Å². The minimum Gasteiger partial charge on any atom is -0.368 e. The predicted molar refractivity (Wildman–Crippen MR) is 60.6 cm³/mol. The smallest absolute Gasteiger partial charge is 0.266 e. The van der Waals surface area contributed by atoms with E-state index in [2.05, 4.69) is 10.2 Å². The Hall–Kier alpha value is -1.59. The van der Waals surface area contributed by atoms with Crippen molar-refractivity contribution in [1.29, 1.82) is 0 Å². The fourth-order valence-electron chi connectivity index (χ4n) is 1.17. The molecule has 0 atom stereocenters. The maximum atomic E-state index is 11.9. The molecular weight excluding hydrogens is 251 g/mol. The van der Waals surface area contributed by atoms with E-state index in [1.165, 1.54) is 18.5 Å². The van der Waals surface area contributed by atoms with Crippen LogP contribution in [0.25, 0.3) is 0 Å².